The van der Waals surface area contributed by atoms with Gasteiger partial charge in [-0.3, -0.25) is 0 Å². The van der Waals surface area contributed by atoms with Crippen LogP contribution in [0.3, 0.4) is 0 Å². The van der Waals surface area contributed by atoms with Crippen molar-refractivity contribution in [1.29, 1.82) is 0 Å². The van der Waals surface area contributed by atoms with Crippen molar-refractivity contribution in [3.8, 4) is 0 Å². The number of aliphatic hydroxyl groups is 1. The number of hydrogen-bond acceptors (Lipinski definition) is 1. The molecule has 2 fully saturated rings. The molecule has 108 valence electrons. The first kappa shape index (κ1) is 15.8. The third-order valence-corrected chi connectivity index (χ3v) is 4.15. The highest BCUT2D eigenvalue weighted by molar-refractivity contribution is 4.94. The van der Waals surface area contributed by atoms with Gasteiger partial charge in [-0.15, -0.1) is 0 Å². The maximum atomic E-state index is 12.5. The molecule has 2 saturated carbocycles. The maximum Gasteiger partial charge on any atom is 0.416 e. The second kappa shape index (κ2) is 5.81. The van der Waals surface area contributed by atoms with Gasteiger partial charge in [-0.05, 0) is 50.4 Å². The van der Waals surface area contributed by atoms with Crippen LogP contribution < -0.4 is 0 Å². The molecule has 0 aromatic carbocycles. The highest BCUT2D eigenvalue weighted by Crippen LogP contribution is 2.52. The van der Waals surface area contributed by atoms with E-state index in [4.69, 9.17) is 0 Å². The Balaban J connectivity index is 0.000000492. The summed E-state index contributed by atoms with van der Waals surface area (Å²) in [5, 5.41) is 9.41. The standard InChI is InChI=1S/C11H17F3O.C3H8/c1-10(15,11(12,13)14)6-9-5-7-2-3-8(9)4-7;1-3-2/h7-9,15H,2-6H2,1H3;3H2,1-2H3. The fourth-order valence-electron chi connectivity index (χ4n) is 3.25. The van der Waals surface area contributed by atoms with E-state index in [-0.39, 0.29) is 12.3 Å². The zero-order chi connectivity index (χ0) is 14.0. The second-order valence-corrected chi connectivity index (χ2v) is 6.12. The van der Waals surface area contributed by atoms with Crippen molar-refractivity contribution in [2.75, 3.05) is 0 Å². The lowest BCUT2D eigenvalue weighted by atomic mass is 9.81. The van der Waals surface area contributed by atoms with Gasteiger partial charge in [0.15, 0.2) is 5.60 Å². The molecule has 0 aromatic rings. The van der Waals surface area contributed by atoms with Crippen LogP contribution in [0.1, 0.15) is 59.3 Å². The predicted octanol–water partition coefficient (Wildman–Crippen LogP) is 4.54. The molecule has 2 aliphatic carbocycles. The minimum Gasteiger partial charge on any atom is -0.381 e. The van der Waals surface area contributed by atoms with Gasteiger partial charge in [0.05, 0.1) is 0 Å². The van der Waals surface area contributed by atoms with Gasteiger partial charge in [-0.1, -0.05) is 26.7 Å². The molecule has 0 aromatic heterocycles. The van der Waals surface area contributed by atoms with Gasteiger partial charge in [-0.2, -0.15) is 13.2 Å². The van der Waals surface area contributed by atoms with Crippen LogP contribution in [0.5, 0.6) is 0 Å². The van der Waals surface area contributed by atoms with Crippen LogP contribution in [-0.4, -0.2) is 16.9 Å². The van der Waals surface area contributed by atoms with Gasteiger partial charge in [0.25, 0.3) is 0 Å². The topological polar surface area (TPSA) is 20.2 Å². The summed E-state index contributed by atoms with van der Waals surface area (Å²) in [5.41, 5.74) is -2.50. The van der Waals surface area contributed by atoms with E-state index in [1.54, 1.807) is 0 Å². The molecule has 0 radical (unpaired) electrons. The quantitative estimate of drug-likeness (QED) is 0.777. The summed E-state index contributed by atoms with van der Waals surface area (Å²) in [4.78, 5) is 0. The van der Waals surface area contributed by atoms with Gasteiger partial charge in [0, 0.05) is 0 Å². The fraction of sp³-hybridized carbons (Fsp3) is 1.00. The Hall–Kier alpha value is -0.250. The molecule has 4 unspecified atom stereocenters. The molecule has 2 aliphatic rings. The number of halogens is 3. The molecule has 0 heterocycles. The van der Waals surface area contributed by atoms with Crippen molar-refractivity contribution in [3.05, 3.63) is 0 Å². The van der Waals surface area contributed by atoms with Crippen LogP contribution in [0.25, 0.3) is 0 Å². The van der Waals surface area contributed by atoms with Crippen LogP contribution >= 0.6 is 0 Å². The fourth-order valence-corrected chi connectivity index (χ4v) is 3.25. The highest BCUT2D eigenvalue weighted by atomic mass is 19.4. The first-order valence-electron chi connectivity index (χ1n) is 7.00. The van der Waals surface area contributed by atoms with E-state index < -0.39 is 11.8 Å². The summed E-state index contributed by atoms with van der Waals surface area (Å²) < 4.78 is 37.4. The molecule has 4 atom stereocenters. The third-order valence-electron chi connectivity index (χ3n) is 4.15. The Morgan fingerprint density at radius 1 is 1.11 bits per heavy atom. The average molecular weight is 266 g/mol. The van der Waals surface area contributed by atoms with E-state index in [1.165, 1.54) is 12.8 Å². The largest absolute Gasteiger partial charge is 0.416 e. The molecular formula is C14H25F3O. The summed E-state index contributed by atoms with van der Waals surface area (Å²) in [5.74, 6) is 1.15. The van der Waals surface area contributed by atoms with E-state index in [0.29, 0.717) is 11.8 Å². The van der Waals surface area contributed by atoms with E-state index >= 15 is 0 Å². The molecule has 1 N–H and O–H groups in total. The lowest BCUT2D eigenvalue weighted by Crippen LogP contribution is -2.44. The molecule has 2 bridgehead atoms. The van der Waals surface area contributed by atoms with Crippen molar-refractivity contribution in [2.45, 2.75) is 71.1 Å². The number of alkyl halides is 3. The smallest absolute Gasteiger partial charge is 0.381 e. The SMILES string of the molecule is CC(O)(CC1CC2CCC1C2)C(F)(F)F.CCC. The monoisotopic (exact) mass is 266 g/mol. The van der Waals surface area contributed by atoms with Gasteiger partial charge < -0.3 is 5.11 Å². The summed E-state index contributed by atoms with van der Waals surface area (Å²) in [6, 6.07) is 0. The van der Waals surface area contributed by atoms with Crippen LogP contribution in [0.4, 0.5) is 13.2 Å². The minimum absolute atomic E-state index is 0.0837. The Labute approximate surface area is 108 Å². The second-order valence-electron chi connectivity index (χ2n) is 6.12. The Kier molecular flexibility index (Phi) is 5.10. The van der Waals surface area contributed by atoms with Crippen molar-refractivity contribution in [1.82, 2.24) is 0 Å². The first-order chi connectivity index (χ1) is 8.21. The highest BCUT2D eigenvalue weighted by Gasteiger charge is 2.53. The zero-order valence-electron chi connectivity index (χ0n) is 11.6. The van der Waals surface area contributed by atoms with Crippen LogP contribution in [0.2, 0.25) is 0 Å². The van der Waals surface area contributed by atoms with Crippen molar-refractivity contribution in [3.63, 3.8) is 0 Å². The maximum absolute atomic E-state index is 12.5. The third kappa shape index (κ3) is 3.62. The molecule has 0 aliphatic heterocycles. The first-order valence-corrected chi connectivity index (χ1v) is 7.00. The van der Waals surface area contributed by atoms with Gasteiger partial charge >= 0.3 is 6.18 Å². The molecule has 1 nitrogen and oxygen atoms in total. The lowest BCUT2D eigenvalue weighted by molar-refractivity contribution is -0.259. The Morgan fingerprint density at radius 2 is 1.67 bits per heavy atom. The van der Waals surface area contributed by atoms with E-state index in [0.717, 1.165) is 26.2 Å². The Bertz CT molecular complexity index is 260. The molecule has 0 saturated heterocycles. The summed E-state index contributed by atoms with van der Waals surface area (Å²) in [6.07, 6.45) is 0.848. The number of fused-ring (bicyclic) bond motifs is 2. The molecule has 0 spiro atoms. The molecule has 0 amide bonds. The molecule has 18 heavy (non-hydrogen) atoms. The average Bonchev–Trinajstić information content (AvgIpc) is 2.77. The van der Waals surface area contributed by atoms with Crippen molar-refractivity contribution < 1.29 is 18.3 Å². The van der Waals surface area contributed by atoms with Gasteiger partial charge in [0.2, 0.25) is 0 Å². The van der Waals surface area contributed by atoms with E-state index in [9.17, 15) is 18.3 Å². The number of hydrogen-bond donors (Lipinski definition) is 1. The van der Waals surface area contributed by atoms with E-state index in [2.05, 4.69) is 13.8 Å². The summed E-state index contributed by atoms with van der Waals surface area (Å²) >= 11 is 0. The number of rotatable bonds is 2. The van der Waals surface area contributed by atoms with Gasteiger partial charge in [0.1, 0.15) is 0 Å². The lowest BCUT2D eigenvalue weighted by Gasteiger charge is -2.32. The van der Waals surface area contributed by atoms with Crippen LogP contribution in [0.15, 0.2) is 0 Å². The predicted molar refractivity (Wildman–Crippen MR) is 66.2 cm³/mol. The zero-order valence-corrected chi connectivity index (χ0v) is 11.6. The van der Waals surface area contributed by atoms with Crippen LogP contribution in [0, 0.1) is 17.8 Å². The summed E-state index contributed by atoms with van der Waals surface area (Å²) in [7, 11) is 0. The normalized spacial score (nSPS) is 33.8. The molecule has 4 heteroatoms. The van der Waals surface area contributed by atoms with Crippen LogP contribution in [-0.2, 0) is 0 Å². The van der Waals surface area contributed by atoms with Crippen molar-refractivity contribution >= 4 is 0 Å². The Morgan fingerprint density at radius 3 is 2.00 bits per heavy atom. The minimum atomic E-state index is -4.49. The summed E-state index contributed by atoms with van der Waals surface area (Å²) in [6.45, 7) is 5.15. The molecule has 2 rings (SSSR count). The molecular weight excluding hydrogens is 241 g/mol. The van der Waals surface area contributed by atoms with Crippen molar-refractivity contribution in [2.24, 2.45) is 17.8 Å². The van der Waals surface area contributed by atoms with E-state index in [1.807, 2.05) is 0 Å². The van der Waals surface area contributed by atoms with Gasteiger partial charge in [-0.25, -0.2) is 0 Å².